The Morgan fingerprint density at radius 3 is 2.65 bits per heavy atom. The Balaban J connectivity index is 1.88. The normalized spacial score (nSPS) is 25.8. The average Bonchev–Trinajstić information content (AvgIpc) is 2.98. The molecule has 3 rings (SSSR count). The van der Waals surface area contributed by atoms with Crippen LogP contribution in [0.3, 0.4) is 0 Å². The van der Waals surface area contributed by atoms with Crippen LogP contribution in [0.5, 0.6) is 0 Å². The van der Waals surface area contributed by atoms with Gasteiger partial charge in [0.2, 0.25) is 0 Å². The number of nitrogens with two attached hydrogens (primary N) is 1. The highest BCUT2D eigenvalue weighted by Gasteiger charge is 2.30. The topological polar surface area (TPSA) is 63.8 Å². The molecule has 0 aromatic carbocycles. The summed E-state index contributed by atoms with van der Waals surface area (Å²) in [4.78, 5) is 4.06. The minimum Gasteiger partial charge on any atom is -0.382 e. The Bertz CT molecular complexity index is 581. The van der Waals surface area contributed by atoms with Crippen molar-refractivity contribution < 1.29 is 0 Å². The van der Waals surface area contributed by atoms with Crippen molar-refractivity contribution in [2.24, 2.45) is 11.8 Å². The maximum atomic E-state index is 6.05. The van der Waals surface area contributed by atoms with Crippen LogP contribution in [0.2, 0.25) is 0 Å². The van der Waals surface area contributed by atoms with Gasteiger partial charge in [0.05, 0.1) is 5.56 Å². The fourth-order valence-electron chi connectivity index (χ4n) is 2.94. The lowest BCUT2D eigenvalue weighted by Crippen LogP contribution is -2.23. The van der Waals surface area contributed by atoms with Gasteiger partial charge < -0.3 is 11.1 Å². The summed E-state index contributed by atoms with van der Waals surface area (Å²) >= 11 is 1.45. The van der Waals surface area contributed by atoms with Crippen molar-refractivity contribution >= 4 is 22.4 Å². The molecular formula is C15H20N4S. The second kappa shape index (κ2) is 5.40. The SMILES string of the molecule is CC1CCC(Nc2snc(N)c2-c2ccncc2)C1C. The number of nitrogens with zero attached hydrogens (tertiary/aromatic N) is 2. The number of rotatable bonds is 3. The highest BCUT2D eigenvalue weighted by Crippen LogP contribution is 2.40. The predicted octanol–water partition coefficient (Wildman–Crippen LogP) is 3.63. The molecule has 0 saturated heterocycles. The summed E-state index contributed by atoms with van der Waals surface area (Å²) in [6, 6.07) is 4.48. The summed E-state index contributed by atoms with van der Waals surface area (Å²) in [6.45, 7) is 4.66. The Morgan fingerprint density at radius 2 is 2.00 bits per heavy atom. The Morgan fingerprint density at radius 1 is 1.25 bits per heavy atom. The van der Waals surface area contributed by atoms with Gasteiger partial charge in [-0.25, -0.2) is 0 Å². The van der Waals surface area contributed by atoms with E-state index in [2.05, 4.69) is 28.5 Å². The first-order valence-electron chi connectivity index (χ1n) is 7.09. The van der Waals surface area contributed by atoms with E-state index in [1.54, 1.807) is 12.4 Å². The van der Waals surface area contributed by atoms with Gasteiger partial charge >= 0.3 is 0 Å². The maximum Gasteiger partial charge on any atom is 0.147 e. The van der Waals surface area contributed by atoms with E-state index in [4.69, 9.17) is 5.73 Å². The molecule has 3 unspecified atom stereocenters. The average molecular weight is 288 g/mol. The van der Waals surface area contributed by atoms with Gasteiger partial charge in [0.15, 0.2) is 0 Å². The van der Waals surface area contributed by atoms with Crippen molar-refractivity contribution in [2.75, 3.05) is 11.1 Å². The van der Waals surface area contributed by atoms with Crippen LogP contribution >= 0.6 is 11.5 Å². The van der Waals surface area contributed by atoms with Gasteiger partial charge in [-0.2, -0.15) is 4.37 Å². The van der Waals surface area contributed by atoms with Gasteiger partial charge in [-0.1, -0.05) is 13.8 Å². The number of aromatic nitrogens is 2. The van der Waals surface area contributed by atoms with Gasteiger partial charge in [-0.3, -0.25) is 4.98 Å². The van der Waals surface area contributed by atoms with Crippen molar-refractivity contribution in [1.29, 1.82) is 0 Å². The van der Waals surface area contributed by atoms with E-state index in [0.717, 1.165) is 22.0 Å². The van der Waals surface area contributed by atoms with Crippen molar-refractivity contribution in [3.63, 3.8) is 0 Å². The van der Waals surface area contributed by atoms with Gasteiger partial charge in [0, 0.05) is 18.4 Å². The summed E-state index contributed by atoms with van der Waals surface area (Å²) < 4.78 is 4.32. The molecule has 0 radical (unpaired) electrons. The Hall–Kier alpha value is -1.62. The minimum absolute atomic E-state index is 0.519. The van der Waals surface area contributed by atoms with Crippen LogP contribution in [0.15, 0.2) is 24.5 Å². The molecule has 0 bridgehead atoms. The third kappa shape index (κ3) is 2.38. The van der Waals surface area contributed by atoms with E-state index in [-0.39, 0.29) is 0 Å². The van der Waals surface area contributed by atoms with Crippen LogP contribution in [0.1, 0.15) is 26.7 Å². The molecule has 3 N–H and O–H groups in total. The van der Waals surface area contributed by atoms with Crippen LogP contribution < -0.4 is 11.1 Å². The molecule has 0 spiro atoms. The molecule has 0 aliphatic heterocycles. The number of anilines is 2. The van der Waals surface area contributed by atoms with Gasteiger partial charge in [0.1, 0.15) is 10.8 Å². The molecule has 1 fully saturated rings. The molecule has 1 aliphatic carbocycles. The third-order valence-electron chi connectivity index (χ3n) is 4.47. The van der Waals surface area contributed by atoms with Gasteiger partial charge in [0.25, 0.3) is 0 Å². The first-order valence-corrected chi connectivity index (χ1v) is 7.86. The van der Waals surface area contributed by atoms with E-state index < -0.39 is 0 Å². The molecule has 20 heavy (non-hydrogen) atoms. The third-order valence-corrected chi connectivity index (χ3v) is 5.26. The lowest BCUT2D eigenvalue weighted by Gasteiger charge is -2.20. The van der Waals surface area contributed by atoms with Crippen LogP contribution in [-0.4, -0.2) is 15.4 Å². The maximum absolute atomic E-state index is 6.05. The van der Waals surface area contributed by atoms with Gasteiger partial charge in [-0.15, -0.1) is 0 Å². The van der Waals surface area contributed by atoms with E-state index in [1.807, 2.05) is 12.1 Å². The molecule has 2 aromatic rings. The first-order chi connectivity index (χ1) is 9.66. The van der Waals surface area contributed by atoms with E-state index in [9.17, 15) is 0 Å². The second-order valence-corrected chi connectivity index (χ2v) is 6.45. The van der Waals surface area contributed by atoms with Crippen LogP contribution in [-0.2, 0) is 0 Å². The fourth-order valence-corrected chi connectivity index (χ4v) is 3.73. The van der Waals surface area contributed by atoms with Crippen LogP contribution in [0.25, 0.3) is 11.1 Å². The summed E-state index contributed by atoms with van der Waals surface area (Å²) in [7, 11) is 0. The molecule has 0 amide bonds. The number of nitrogen functional groups attached to an aromatic ring is 1. The van der Waals surface area contributed by atoms with Crippen molar-refractivity contribution in [1.82, 2.24) is 9.36 Å². The quantitative estimate of drug-likeness (QED) is 0.905. The summed E-state index contributed by atoms with van der Waals surface area (Å²) in [5.74, 6) is 2.06. The van der Waals surface area contributed by atoms with Crippen molar-refractivity contribution in [3.8, 4) is 11.1 Å². The molecular weight excluding hydrogens is 268 g/mol. The standard InChI is InChI=1S/C15H20N4S/c1-9-3-4-12(10(9)2)18-15-13(14(16)19-20-15)11-5-7-17-8-6-11/h5-10,12,18H,3-4H2,1-2H3,(H2,16,19). The minimum atomic E-state index is 0.519. The zero-order chi connectivity index (χ0) is 14.1. The zero-order valence-corrected chi connectivity index (χ0v) is 12.7. The molecule has 4 nitrogen and oxygen atoms in total. The van der Waals surface area contributed by atoms with E-state index in [0.29, 0.717) is 17.8 Å². The highest BCUT2D eigenvalue weighted by molar-refractivity contribution is 7.11. The summed E-state index contributed by atoms with van der Waals surface area (Å²) in [5.41, 5.74) is 8.14. The smallest absolute Gasteiger partial charge is 0.147 e. The monoisotopic (exact) mass is 288 g/mol. The number of hydrogen-bond acceptors (Lipinski definition) is 5. The Kier molecular flexibility index (Phi) is 3.61. The zero-order valence-electron chi connectivity index (χ0n) is 11.8. The van der Waals surface area contributed by atoms with Crippen LogP contribution in [0.4, 0.5) is 10.8 Å². The van der Waals surface area contributed by atoms with Gasteiger partial charge in [-0.05, 0) is 53.9 Å². The largest absolute Gasteiger partial charge is 0.382 e. The first kappa shape index (κ1) is 13.4. The molecule has 2 aromatic heterocycles. The van der Waals surface area contributed by atoms with Crippen LogP contribution in [0, 0.1) is 11.8 Å². The van der Waals surface area contributed by atoms with E-state index >= 15 is 0 Å². The summed E-state index contributed by atoms with van der Waals surface area (Å²) in [5, 5.41) is 4.75. The molecule has 1 saturated carbocycles. The lowest BCUT2D eigenvalue weighted by atomic mass is 9.98. The Labute approximate surface area is 123 Å². The molecule has 2 heterocycles. The number of pyridine rings is 1. The van der Waals surface area contributed by atoms with Crippen molar-refractivity contribution in [2.45, 2.75) is 32.7 Å². The molecule has 5 heteroatoms. The number of hydrogen-bond donors (Lipinski definition) is 2. The lowest BCUT2D eigenvalue weighted by molar-refractivity contribution is 0.436. The molecule has 3 atom stereocenters. The molecule has 1 aliphatic rings. The fraction of sp³-hybridized carbons (Fsp3) is 0.467. The van der Waals surface area contributed by atoms with E-state index in [1.165, 1.54) is 24.4 Å². The van der Waals surface area contributed by atoms with Crippen molar-refractivity contribution in [3.05, 3.63) is 24.5 Å². The molecule has 106 valence electrons. The predicted molar refractivity (Wildman–Crippen MR) is 84.7 cm³/mol. The summed E-state index contributed by atoms with van der Waals surface area (Å²) in [6.07, 6.45) is 6.08. The highest BCUT2D eigenvalue weighted by atomic mass is 32.1. The second-order valence-electron chi connectivity index (χ2n) is 5.67. The number of nitrogens with one attached hydrogen (secondary N) is 1.